The van der Waals surface area contributed by atoms with E-state index >= 15 is 0 Å². The summed E-state index contributed by atoms with van der Waals surface area (Å²) in [6.07, 6.45) is 3.49. The molecule has 0 aliphatic heterocycles. The normalized spacial score (nSPS) is 10.3. The number of hydrogen-bond donors (Lipinski definition) is 3. The molecule has 0 spiro atoms. The topological polar surface area (TPSA) is 133 Å². The molecular weight excluding hydrogens is 438 g/mol. The smallest absolute Gasteiger partial charge is 0.330 e. The molecule has 0 aliphatic rings. The van der Waals surface area contributed by atoms with Gasteiger partial charge in [-0.1, -0.05) is 22.0 Å². The van der Waals surface area contributed by atoms with Crippen molar-refractivity contribution in [2.24, 2.45) is 5.73 Å². The van der Waals surface area contributed by atoms with E-state index in [-0.39, 0.29) is 0 Å². The SMILES string of the molecule is CCOC(=O)/C=C/C(N)=O.Nc1ccc2ncnc(Nc3cccc(Br)c3)c2c1. The van der Waals surface area contributed by atoms with Crippen molar-refractivity contribution < 1.29 is 14.3 Å². The number of nitrogens with one attached hydrogen (secondary N) is 1. The predicted octanol–water partition coefficient (Wildman–Crippen LogP) is 3.31. The third kappa shape index (κ3) is 7.23. The van der Waals surface area contributed by atoms with Crippen molar-refractivity contribution in [2.45, 2.75) is 6.92 Å². The summed E-state index contributed by atoms with van der Waals surface area (Å²) in [4.78, 5) is 29.0. The number of rotatable bonds is 5. The van der Waals surface area contributed by atoms with Gasteiger partial charge in [0.25, 0.3) is 0 Å². The first kappa shape index (κ1) is 21.8. The molecular formula is C20H20BrN5O3. The number of fused-ring (bicyclic) bond motifs is 1. The second-order valence-corrected chi connectivity index (χ2v) is 6.54. The minimum atomic E-state index is -0.659. The third-order valence-electron chi connectivity index (χ3n) is 3.42. The molecule has 8 nitrogen and oxygen atoms in total. The first-order chi connectivity index (χ1) is 13.9. The zero-order valence-electron chi connectivity index (χ0n) is 15.6. The molecule has 1 amide bonds. The second-order valence-electron chi connectivity index (χ2n) is 5.62. The number of nitrogen functional groups attached to an aromatic ring is 1. The molecule has 0 saturated carbocycles. The number of amides is 1. The summed E-state index contributed by atoms with van der Waals surface area (Å²) >= 11 is 3.44. The molecule has 2 aromatic carbocycles. The zero-order chi connectivity index (χ0) is 21.2. The summed E-state index contributed by atoms with van der Waals surface area (Å²) in [6, 6.07) is 13.5. The van der Waals surface area contributed by atoms with E-state index < -0.39 is 11.9 Å². The summed E-state index contributed by atoms with van der Waals surface area (Å²) in [5, 5.41) is 4.18. The minimum absolute atomic E-state index is 0.294. The van der Waals surface area contributed by atoms with E-state index in [0.29, 0.717) is 12.3 Å². The van der Waals surface area contributed by atoms with Gasteiger partial charge in [-0.05, 0) is 43.3 Å². The summed E-state index contributed by atoms with van der Waals surface area (Å²) in [5.74, 6) is -0.468. The highest BCUT2D eigenvalue weighted by Gasteiger charge is 2.04. The van der Waals surface area contributed by atoms with E-state index in [2.05, 4.69) is 36.0 Å². The number of carbonyl (C=O) groups is 2. The van der Waals surface area contributed by atoms with Gasteiger partial charge in [-0.2, -0.15) is 0 Å². The van der Waals surface area contributed by atoms with Crippen molar-refractivity contribution in [3.8, 4) is 0 Å². The van der Waals surface area contributed by atoms with Crippen LogP contribution < -0.4 is 16.8 Å². The first-order valence-corrected chi connectivity index (χ1v) is 9.35. The molecule has 0 unspecified atom stereocenters. The van der Waals surface area contributed by atoms with Crippen molar-refractivity contribution in [1.82, 2.24) is 9.97 Å². The fourth-order valence-electron chi connectivity index (χ4n) is 2.22. The summed E-state index contributed by atoms with van der Waals surface area (Å²) in [5.41, 5.74) is 13.0. The van der Waals surface area contributed by atoms with Crippen LogP contribution in [0.15, 0.2) is 65.4 Å². The summed E-state index contributed by atoms with van der Waals surface area (Å²) < 4.78 is 5.47. The number of primary amides is 1. The van der Waals surface area contributed by atoms with Crippen LogP contribution in [0, 0.1) is 0 Å². The number of aromatic nitrogens is 2. The lowest BCUT2D eigenvalue weighted by Gasteiger charge is -2.09. The Morgan fingerprint density at radius 2 is 1.97 bits per heavy atom. The molecule has 9 heteroatoms. The van der Waals surface area contributed by atoms with E-state index in [1.54, 1.807) is 13.3 Å². The van der Waals surface area contributed by atoms with E-state index in [1.807, 2.05) is 42.5 Å². The van der Waals surface area contributed by atoms with E-state index in [4.69, 9.17) is 11.5 Å². The summed E-state index contributed by atoms with van der Waals surface area (Å²) in [6.45, 7) is 1.97. The highest BCUT2D eigenvalue weighted by atomic mass is 79.9. The monoisotopic (exact) mass is 457 g/mol. The van der Waals surface area contributed by atoms with Gasteiger partial charge in [0.1, 0.15) is 12.1 Å². The number of hydrogen-bond acceptors (Lipinski definition) is 7. The Bertz CT molecular complexity index is 1040. The van der Waals surface area contributed by atoms with Gasteiger partial charge in [0.2, 0.25) is 5.91 Å². The van der Waals surface area contributed by atoms with Crippen LogP contribution in [0.25, 0.3) is 10.9 Å². The highest BCUT2D eigenvalue weighted by Crippen LogP contribution is 2.25. The van der Waals surface area contributed by atoms with Gasteiger partial charge >= 0.3 is 5.97 Å². The minimum Gasteiger partial charge on any atom is -0.463 e. The van der Waals surface area contributed by atoms with Crippen molar-refractivity contribution in [1.29, 1.82) is 0 Å². The lowest BCUT2D eigenvalue weighted by Crippen LogP contribution is -2.07. The van der Waals surface area contributed by atoms with E-state index in [1.165, 1.54) is 0 Å². The van der Waals surface area contributed by atoms with Gasteiger partial charge in [0.15, 0.2) is 0 Å². The molecule has 3 aromatic rings. The first-order valence-electron chi connectivity index (χ1n) is 8.56. The van der Waals surface area contributed by atoms with Crippen molar-refractivity contribution in [2.75, 3.05) is 17.7 Å². The van der Waals surface area contributed by atoms with Crippen LogP contribution in [0.4, 0.5) is 17.2 Å². The fourth-order valence-corrected chi connectivity index (χ4v) is 2.62. The number of anilines is 3. The molecule has 0 bridgehead atoms. The maximum absolute atomic E-state index is 10.4. The standard InChI is InChI=1S/C14H11BrN4.C6H9NO3/c15-9-2-1-3-11(6-9)19-14-12-7-10(16)4-5-13(12)17-8-18-14;1-2-10-6(9)4-3-5(7)8/h1-8H,16H2,(H,17,18,19);3-4H,2H2,1H3,(H2,7,8)/b;4-3+. The predicted molar refractivity (Wildman–Crippen MR) is 116 cm³/mol. The highest BCUT2D eigenvalue weighted by molar-refractivity contribution is 9.10. The molecule has 1 heterocycles. The van der Waals surface area contributed by atoms with Crippen LogP contribution in [0.3, 0.4) is 0 Å². The Balaban J connectivity index is 0.000000257. The maximum atomic E-state index is 10.4. The fraction of sp³-hybridized carbons (Fsp3) is 0.100. The average molecular weight is 458 g/mol. The lowest BCUT2D eigenvalue weighted by atomic mass is 10.2. The lowest BCUT2D eigenvalue weighted by molar-refractivity contribution is -0.137. The third-order valence-corrected chi connectivity index (χ3v) is 3.91. The number of benzene rings is 2. The number of nitrogens with zero attached hydrogens (tertiary/aromatic N) is 2. The molecule has 5 N–H and O–H groups in total. The van der Waals surface area contributed by atoms with Crippen LogP contribution in [-0.2, 0) is 14.3 Å². The zero-order valence-corrected chi connectivity index (χ0v) is 17.2. The Hall–Kier alpha value is -3.46. The van der Waals surface area contributed by atoms with Gasteiger partial charge in [-0.3, -0.25) is 4.79 Å². The Morgan fingerprint density at radius 1 is 1.17 bits per heavy atom. The number of halogens is 1. The van der Waals surface area contributed by atoms with Crippen molar-refractivity contribution in [3.05, 3.63) is 65.4 Å². The van der Waals surface area contributed by atoms with Crippen LogP contribution in [-0.4, -0.2) is 28.5 Å². The van der Waals surface area contributed by atoms with Crippen LogP contribution >= 0.6 is 15.9 Å². The second kappa shape index (κ2) is 10.8. The quantitative estimate of drug-likeness (QED) is 0.304. The molecule has 0 aliphatic carbocycles. The van der Waals surface area contributed by atoms with Crippen LogP contribution in [0.2, 0.25) is 0 Å². The number of ether oxygens (including phenoxy) is 1. The number of carbonyl (C=O) groups excluding carboxylic acids is 2. The molecule has 0 atom stereocenters. The molecule has 0 saturated heterocycles. The number of esters is 1. The van der Waals surface area contributed by atoms with Gasteiger partial charge in [-0.15, -0.1) is 0 Å². The van der Waals surface area contributed by atoms with Crippen molar-refractivity contribution in [3.63, 3.8) is 0 Å². The molecule has 3 rings (SSSR count). The Morgan fingerprint density at radius 3 is 2.66 bits per heavy atom. The van der Waals surface area contributed by atoms with Gasteiger partial charge in [0.05, 0.1) is 12.1 Å². The van der Waals surface area contributed by atoms with Gasteiger partial charge in [0, 0.05) is 33.4 Å². The number of nitrogens with two attached hydrogens (primary N) is 2. The molecule has 1 aromatic heterocycles. The Kier molecular flexibility index (Phi) is 8.11. The van der Waals surface area contributed by atoms with Gasteiger partial charge in [-0.25, -0.2) is 14.8 Å². The molecule has 150 valence electrons. The van der Waals surface area contributed by atoms with Crippen molar-refractivity contribution >= 4 is 55.9 Å². The Labute approximate surface area is 176 Å². The van der Waals surface area contributed by atoms with Crippen LogP contribution in [0.5, 0.6) is 0 Å². The average Bonchev–Trinajstić information content (AvgIpc) is 2.68. The molecule has 0 fully saturated rings. The summed E-state index contributed by atoms with van der Waals surface area (Å²) in [7, 11) is 0. The molecule has 29 heavy (non-hydrogen) atoms. The van der Waals surface area contributed by atoms with E-state index in [9.17, 15) is 9.59 Å². The van der Waals surface area contributed by atoms with E-state index in [0.717, 1.165) is 39.0 Å². The maximum Gasteiger partial charge on any atom is 0.330 e. The largest absolute Gasteiger partial charge is 0.463 e. The van der Waals surface area contributed by atoms with Gasteiger partial charge < -0.3 is 21.5 Å². The van der Waals surface area contributed by atoms with Crippen LogP contribution in [0.1, 0.15) is 6.92 Å². The molecule has 0 radical (unpaired) electrons.